The second kappa shape index (κ2) is 20.1. The van der Waals surface area contributed by atoms with E-state index in [0.717, 1.165) is 0 Å². The summed E-state index contributed by atoms with van der Waals surface area (Å²) in [5.41, 5.74) is 0. The molecule has 0 atom stereocenters. The predicted octanol–water partition coefficient (Wildman–Crippen LogP) is -6.07. The summed E-state index contributed by atoms with van der Waals surface area (Å²) in [6.45, 7) is 0. The topological polar surface area (TPSA) is 596 Å². The molecule has 0 saturated carbocycles. The molecule has 6 aromatic rings. The van der Waals surface area contributed by atoms with Gasteiger partial charge in [0.1, 0.15) is 0 Å². The molecular weight excluding hydrogens is 756 g/mol. The highest BCUT2D eigenvalue weighted by molar-refractivity contribution is 5.07. The van der Waals surface area contributed by atoms with Gasteiger partial charge in [-0.15, -0.1) is 89.7 Å². The van der Waals surface area contributed by atoms with E-state index >= 15 is 0 Å². The number of hydrogen-bond acceptors (Lipinski definition) is 36. The molecule has 0 aliphatic carbocycles. The molecule has 0 aromatic carbocycles. The molecule has 0 aliphatic rings. The van der Waals surface area contributed by atoms with Gasteiger partial charge in [0.25, 0.3) is 0 Å². The van der Waals surface area contributed by atoms with E-state index in [1.807, 2.05) is 0 Å². The fraction of sp³-hybridized carbons (Fsp3) is 0. The molecule has 6 aromatic heterocycles. The summed E-state index contributed by atoms with van der Waals surface area (Å²) in [4.78, 5) is 53.3. The van der Waals surface area contributed by atoms with E-state index in [2.05, 4.69) is 89.7 Å². The molecule has 0 fully saturated rings. The van der Waals surface area contributed by atoms with Gasteiger partial charge in [0, 0.05) is 0 Å². The minimum atomic E-state index is -0.708. The number of nitrogens with zero attached hydrogens (tertiary/aromatic N) is 18. The van der Waals surface area contributed by atoms with Crippen molar-refractivity contribution in [2.75, 3.05) is 0 Å². The van der Waals surface area contributed by atoms with Crippen LogP contribution in [0.5, 0.6) is 108 Å². The van der Waals surface area contributed by atoms with Gasteiger partial charge in [-0.3, -0.25) is 0 Å². The van der Waals surface area contributed by atoms with Crippen molar-refractivity contribution in [2.24, 2.45) is 0 Å². The van der Waals surface area contributed by atoms with Crippen LogP contribution in [0.2, 0.25) is 0 Å². The van der Waals surface area contributed by atoms with Crippen LogP contribution in [0.4, 0.5) is 0 Å². The number of hydrogen-bond donors (Lipinski definition) is 18. The van der Waals surface area contributed by atoms with E-state index in [9.17, 15) is 0 Å². The molecule has 0 unspecified atom stereocenters. The SMILES string of the molecule is Oc1nc(O)nc(O)n1.Oc1nc(O)nc(O)n1.Oc1nc(O)nc(O)n1.Oc1nc(O)nc(O)n1.Oc1nc(O)nc(O)n1.Oc1nc(O)nc(O)n1. The average molecular weight is 774 g/mol. The zero-order chi connectivity index (χ0) is 41.1. The fourth-order valence-corrected chi connectivity index (χ4v) is 2.06. The maximum atomic E-state index is 8.41. The van der Waals surface area contributed by atoms with Gasteiger partial charge < -0.3 is 91.9 Å². The molecule has 0 radical (unpaired) electrons. The lowest BCUT2D eigenvalue weighted by Crippen LogP contribution is -1.85. The van der Waals surface area contributed by atoms with Crippen LogP contribution in [-0.4, -0.2) is 182 Å². The summed E-state index contributed by atoms with van der Waals surface area (Å²) in [6.07, 6.45) is 0. The molecule has 36 heteroatoms. The predicted molar refractivity (Wildman–Crippen MR) is 149 cm³/mol. The summed E-state index contributed by atoms with van der Waals surface area (Å²) < 4.78 is 0. The van der Waals surface area contributed by atoms with Gasteiger partial charge in [-0.2, -0.15) is 0 Å². The minimum Gasteiger partial charge on any atom is -0.479 e. The van der Waals surface area contributed by atoms with Crippen LogP contribution in [-0.2, 0) is 0 Å². The zero-order valence-corrected chi connectivity index (χ0v) is 25.1. The van der Waals surface area contributed by atoms with Crippen LogP contribution in [0.3, 0.4) is 0 Å². The first-order valence-electron chi connectivity index (χ1n) is 12.1. The monoisotopic (exact) mass is 774 g/mol. The van der Waals surface area contributed by atoms with E-state index < -0.39 is 108 Å². The summed E-state index contributed by atoms with van der Waals surface area (Å²) >= 11 is 0. The normalized spacial score (nSPS) is 9.33. The Balaban J connectivity index is 0.000000324. The van der Waals surface area contributed by atoms with Gasteiger partial charge in [0.05, 0.1) is 0 Å². The lowest BCUT2D eigenvalue weighted by molar-refractivity contribution is 0.343. The first-order valence-corrected chi connectivity index (χ1v) is 12.1. The maximum absolute atomic E-state index is 8.41. The summed E-state index contributed by atoms with van der Waals surface area (Å²) in [6, 6.07) is -12.8. The Morgan fingerprint density at radius 1 is 0.111 bits per heavy atom. The van der Waals surface area contributed by atoms with Gasteiger partial charge >= 0.3 is 108 Å². The second-order valence-electron chi connectivity index (χ2n) is 7.41. The Labute approximate surface area is 290 Å². The van der Waals surface area contributed by atoms with Gasteiger partial charge in [-0.05, 0) is 0 Å². The Kier molecular flexibility index (Phi) is 15.8. The first-order chi connectivity index (χ1) is 25.1. The number of rotatable bonds is 0. The van der Waals surface area contributed by atoms with E-state index in [1.54, 1.807) is 0 Å². The first kappa shape index (κ1) is 42.5. The van der Waals surface area contributed by atoms with Crippen molar-refractivity contribution in [3.05, 3.63) is 0 Å². The van der Waals surface area contributed by atoms with E-state index in [1.165, 1.54) is 0 Å². The van der Waals surface area contributed by atoms with Crippen LogP contribution in [0, 0.1) is 0 Å². The maximum Gasteiger partial charge on any atom is 0.323 e. The van der Waals surface area contributed by atoms with Crippen LogP contribution in [0.25, 0.3) is 0 Å². The largest absolute Gasteiger partial charge is 0.479 e. The molecule has 6 rings (SSSR count). The highest BCUT2D eigenvalue weighted by Gasteiger charge is 2.03. The Hall–Kier alpha value is -9.54. The number of aromatic hydroxyl groups is 18. The molecule has 288 valence electrons. The van der Waals surface area contributed by atoms with E-state index in [0.29, 0.717) is 0 Å². The van der Waals surface area contributed by atoms with Crippen molar-refractivity contribution < 1.29 is 91.9 Å². The summed E-state index contributed by atoms with van der Waals surface area (Å²) in [7, 11) is 0. The molecule has 0 spiro atoms. The van der Waals surface area contributed by atoms with Crippen LogP contribution >= 0.6 is 0 Å². The van der Waals surface area contributed by atoms with Gasteiger partial charge in [0.2, 0.25) is 0 Å². The van der Waals surface area contributed by atoms with Crippen molar-refractivity contribution in [3.8, 4) is 108 Å². The molecule has 0 amide bonds. The van der Waals surface area contributed by atoms with Crippen molar-refractivity contribution in [1.82, 2.24) is 89.7 Å². The van der Waals surface area contributed by atoms with E-state index in [-0.39, 0.29) is 0 Å². The van der Waals surface area contributed by atoms with Crippen molar-refractivity contribution >= 4 is 0 Å². The standard InChI is InChI=1S/6C3H3N3O3/c6*7-1-4-2(8)6-3(9)5-1/h6*(H3,4,5,6,7,8,9). The Bertz CT molecular complexity index is 1430. The van der Waals surface area contributed by atoms with Crippen LogP contribution < -0.4 is 0 Å². The smallest absolute Gasteiger partial charge is 0.323 e. The molecule has 0 aliphatic heterocycles. The van der Waals surface area contributed by atoms with Crippen molar-refractivity contribution in [2.45, 2.75) is 0 Å². The summed E-state index contributed by atoms with van der Waals surface area (Å²) in [5.74, 6) is 0. The quantitative estimate of drug-likeness (QED) is 0.0682. The third-order valence-electron chi connectivity index (χ3n) is 3.60. The lowest BCUT2D eigenvalue weighted by Gasteiger charge is -1.90. The van der Waals surface area contributed by atoms with Crippen molar-refractivity contribution in [3.63, 3.8) is 0 Å². The minimum absolute atomic E-state index is 0.708. The van der Waals surface area contributed by atoms with Gasteiger partial charge in [0.15, 0.2) is 0 Å². The van der Waals surface area contributed by atoms with Crippen LogP contribution in [0.1, 0.15) is 0 Å². The molecular formula is C18H18N18O18. The second-order valence-corrected chi connectivity index (χ2v) is 7.41. The molecule has 36 nitrogen and oxygen atoms in total. The van der Waals surface area contributed by atoms with Gasteiger partial charge in [-0.1, -0.05) is 0 Å². The molecule has 0 saturated heterocycles. The molecule has 18 N–H and O–H groups in total. The number of aromatic nitrogens is 18. The summed E-state index contributed by atoms with van der Waals surface area (Å²) in [5, 5.41) is 151. The van der Waals surface area contributed by atoms with Gasteiger partial charge in [-0.25, -0.2) is 0 Å². The Morgan fingerprint density at radius 2 is 0.148 bits per heavy atom. The highest BCUT2D eigenvalue weighted by atomic mass is 16.4. The fourth-order valence-electron chi connectivity index (χ4n) is 2.06. The zero-order valence-electron chi connectivity index (χ0n) is 25.1. The molecule has 54 heavy (non-hydrogen) atoms. The third kappa shape index (κ3) is 18.7. The Morgan fingerprint density at radius 3 is 0.185 bits per heavy atom. The highest BCUT2D eigenvalue weighted by Crippen LogP contribution is 2.12. The lowest BCUT2D eigenvalue weighted by atomic mass is 10.9. The average Bonchev–Trinajstić information content (AvgIpc) is 2.94. The molecule has 0 bridgehead atoms. The van der Waals surface area contributed by atoms with Crippen LogP contribution in [0.15, 0.2) is 0 Å². The molecule has 6 heterocycles. The van der Waals surface area contributed by atoms with E-state index in [4.69, 9.17) is 91.9 Å². The van der Waals surface area contributed by atoms with Crippen molar-refractivity contribution in [1.29, 1.82) is 0 Å². The third-order valence-corrected chi connectivity index (χ3v) is 3.60.